The third-order valence-corrected chi connectivity index (χ3v) is 3.95. The first-order valence-electron chi connectivity index (χ1n) is 7.83. The van der Waals surface area contributed by atoms with Crippen molar-refractivity contribution < 1.29 is 14.3 Å². The summed E-state index contributed by atoms with van der Waals surface area (Å²) < 4.78 is 11.0. The fourth-order valence-corrected chi connectivity index (χ4v) is 2.44. The summed E-state index contributed by atoms with van der Waals surface area (Å²) in [4.78, 5) is 14.3. The fourth-order valence-electron chi connectivity index (χ4n) is 2.31. The van der Waals surface area contributed by atoms with E-state index < -0.39 is 6.10 Å². The van der Waals surface area contributed by atoms with Crippen molar-refractivity contribution in [3.8, 4) is 11.5 Å². The minimum atomic E-state index is -0.518. The van der Waals surface area contributed by atoms with E-state index in [2.05, 4.69) is 0 Å². The van der Waals surface area contributed by atoms with Gasteiger partial charge in [0.2, 0.25) is 0 Å². The molecule has 0 saturated carbocycles. The first-order valence-corrected chi connectivity index (χ1v) is 8.21. The lowest BCUT2D eigenvalue weighted by atomic mass is 10.2. The van der Waals surface area contributed by atoms with E-state index in [4.69, 9.17) is 21.1 Å². The SMILES string of the molecule is CC[C@@H](Oc1ccc(OC)cc1)C(=O)N(C)Cc1ccc(Cl)cc1. The largest absolute Gasteiger partial charge is 0.497 e. The summed E-state index contributed by atoms with van der Waals surface area (Å²) in [7, 11) is 3.39. The zero-order valence-corrected chi connectivity index (χ0v) is 14.9. The van der Waals surface area contributed by atoms with Crippen LogP contribution in [-0.2, 0) is 11.3 Å². The summed E-state index contributed by atoms with van der Waals surface area (Å²) in [6.45, 7) is 2.45. The smallest absolute Gasteiger partial charge is 0.263 e. The van der Waals surface area contributed by atoms with Gasteiger partial charge in [-0.25, -0.2) is 0 Å². The van der Waals surface area contributed by atoms with Gasteiger partial charge in [-0.3, -0.25) is 4.79 Å². The van der Waals surface area contributed by atoms with Crippen molar-refractivity contribution in [1.82, 2.24) is 4.90 Å². The van der Waals surface area contributed by atoms with Crippen molar-refractivity contribution >= 4 is 17.5 Å². The number of ether oxygens (including phenoxy) is 2. The predicted octanol–water partition coefficient (Wildman–Crippen LogP) is 4.16. The van der Waals surface area contributed by atoms with E-state index in [1.165, 1.54) is 0 Å². The molecule has 2 aromatic rings. The quantitative estimate of drug-likeness (QED) is 0.754. The van der Waals surface area contributed by atoms with Crippen LogP contribution in [0.15, 0.2) is 48.5 Å². The van der Waals surface area contributed by atoms with Crippen LogP contribution < -0.4 is 9.47 Å². The summed E-state index contributed by atoms with van der Waals surface area (Å²) in [5.74, 6) is 1.35. The molecule has 0 aromatic heterocycles. The third-order valence-electron chi connectivity index (χ3n) is 3.69. The minimum Gasteiger partial charge on any atom is -0.497 e. The molecule has 0 spiro atoms. The number of rotatable bonds is 7. The Morgan fingerprint density at radius 3 is 2.21 bits per heavy atom. The lowest BCUT2D eigenvalue weighted by Gasteiger charge is -2.24. The molecule has 0 aliphatic heterocycles. The molecule has 5 heteroatoms. The highest BCUT2D eigenvalue weighted by Crippen LogP contribution is 2.20. The van der Waals surface area contributed by atoms with E-state index in [1.54, 1.807) is 31.2 Å². The number of methoxy groups -OCH3 is 1. The van der Waals surface area contributed by atoms with Gasteiger partial charge >= 0.3 is 0 Å². The second-order valence-electron chi connectivity index (χ2n) is 5.51. The van der Waals surface area contributed by atoms with Crippen molar-refractivity contribution in [1.29, 1.82) is 0 Å². The fraction of sp³-hybridized carbons (Fsp3) is 0.316. The van der Waals surface area contributed by atoms with Gasteiger partial charge in [0.05, 0.1) is 7.11 Å². The van der Waals surface area contributed by atoms with Gasteiger partial charge in [-0.15, -0.1) is 0 Å². The molecule has 0 bridgehead atoms. The average molecular weight is 348 g/mol. The van der Waals surface area contributed by atoms with Crippen molar-refractivity contribution in [3.05, 3.63) is 59.1 Å². The van der Waals surface area contributed by atoms with Crippen LogP contribution in [0.2, 0.25) is 5.02 Å². The molecule has 0 saturated heterocycles. The predicted molar refractivity (Wildman–Crippen MR) is 95.6 cm³/mol. The van der Waals surface area contributed by atoms with E-state index in [0.29, 0.717) is 23.7 Å². The Labute approximate surface area is 147 Å². The van der Waals surface area contributed by atoms with Crippen LogP contribution in [0, 0.1) is 0 Å². The number of benzene rings is 2. The number of amides is 1. The molecule has 0 heterocycles. The molecule has 128 valence electrons. The summed E-state index contributed by atoms with van der Waals surface area (Å²) in [6.07, 6.45) is 0.0752. The van der Waals surface area contributed by atoms with Crippen LogP contribution in [-0.4, -0.2) is 31.1 Å². The topological polar surface area (TPSA) is 38.8 Å². The standard InChI is InChI=1S/C19H22ClNO3/c1-4-18(24-17-11-9-16(23-3)10-12-17)19(22)21(2)13-14-5-7-15(20)8-6-14/h5-12,18H,4,13H2,1-3H3/t18-/m1/s1. The molecule has 0 unspecified atom stereocenters. The molecule has 0 N–H and O–H groups in total. The third kappa shape index (κ3) is 4.90. The Kier molecular flexibility index (Phi) is 6.50. The lowest BCUT2D eigenvalue weighted by molar-refractivity contribution is -0.138. The first-order chi connectivity index (χ1) is 11.5. The molecule has 1 atom stereocenters. The van der Waals surface area contributed by atoms with Gasteiger partial charge in [0, 0.05) is 18.6 Å². The van der Waals surface area contributed by atoms with E-state index in [0.717, 1.165) is 11.3 Å². The zero-order chi connectivity index (χ0) is 17.5. The summed E-state index contributed by atoms with van der Waals surface area (Å²) in [5.41, 5.74) is 1.02. The number of halogens is 1. The van der Waals surface area contributed by atoms with E-state index >= 15 is 0 Å². The molecule has 0 radical (unpaired) electrons. The summed E-state index contributed by atoms with van der Waals surface area (Å²) in [5, 5.41) is 0.682. The van der Waals surface area contributed by atoms with Gasteiger partial charge in [0.25, 0.3) is 5.91 Å². The number of hydrogen-bond donors (Lipinski definition) is 0. The van der Waals surface area contributed by atoms with Crippen LogP contribution in [0.3, 0.4) is 0 Å². The van der Waals surface area contributed by atoms with Gasteiger partial charge in [0.15, 0.2) is 6.10 Å². The number of likely N-dealkylation sites (N-methyl/N-ethyl adjacent to an activating group) is 1. The average Bonchev–Trinajstić information content (AvgIpc) is 2.61. The van der Waals surface area contributed by atoms with Crippen LogP contribution >= 0.6 is 11.6 Å². The van der Waals surface area contributed by atoms with Gasteiger partial charge in [-0.2, -0.15) is 0 Å². The number of hydrogen-bond acceptors (Lipinski definition) is 3. The zero-order valence-electron chi connectivity index (χ0n) is 14.2. The second-order valence-corrected chi connectivity index (χ2v) is 5.95. The van der Waals surface area contributed by atoms with Crippen molar-refractivity contribution in [2.24, 2.45) is 0 Å². The Bertz CT molecular complexity index is 655. The van der Waals surface area contributed by atoms with Gasteiger partial charge in [-0.05, 0) is 48.4 Å². The maximum absolute atomic E-state index is 12.6. The Morgan fingerprint density at radius 1 is 1.08 bits per heavy atom. The Balaban J connectivity index is 1.99. The maximum Gasteiger partial charge on any atom is 0.263 e. The molecule has 0 aliphatic rings. The maximum atomic E-state index is 12.6. The molecule has 0 fully saturated rings. The highest BCUT2D eigenvalue weighted by molar-refractivity contribution is 6.30. The number of carbonyl (C=O) groups is 1. The monoisotopic (exact) mass is 347 g/mol. The van der Waals surface area contributed by atoms with Gasteiger partial charge in [-0.1, -0.05) is 30.7 Å². The van der Waals surface area contributed by atoms with Crippen molar-refractivity contribution in [3.63, 3.8) is 0 Å². The second kappa shape index (κ2) is 8.60. The highest BCUT2D eigenvalue weighted by Gasteiger charge is 2.22. The normalized spacial score (nSPS) is 11.7. The first kappa shape index (κ1) is 18.1. The van der Waals surface area contributed by atoms with Gasteiger partial charge < -0.3 is 14.4 Å². The minimum absolute atomic E-state index is 0.0525. The van der Waals surface area contributed by atoms with Crippen LogP contribution in [0.4, 0.5) is 0 Å². The van der Waals surface area contributed by atoms with Crippen LogP contribution in [0.1, 0.15) is 18.9 Å². The summed E-state index contributed by atoms with van der Waals surface area (Å²) >= 11 is 5.89. The van der Waals surface area contributed by atoms with E-state index in [-0.39, 0.29) is 5.91 Å². The van der Waals surface area contributed by atoms with Crippen molar-refractivity contribution in [2.45, 2.75) is 26.0 Å². The van der Waals surface area contributed by atoms with E-state index in [9.17, 15) is 4.79 Å². The molecule has 2 aromatic carbocycles. The number of nitrogens with zero attached hydrogens (tertiary/aromatic N) is 1. The number of carbonyl (C=O) groups excluding carboxylic acids is 1. The molecule has 4 nitrogen and oxygen atoms in total. The highest BCUT2D eigenvalue weighted by atomic mass is 35.5. The van der Waals surface area contributed by atoms with Crippen LogP contribution in [0.25, 0.3) is 0 Å². The molecule has 0 aliphatic carbocycles. The lowest BCUT2D eigenvalue weighted by Crippen LogP contribution is -2.39. The molecular weight excluding hydrogens is 326 g/mol. The van der Waals surface area contributed by atoms with Crippen LogP contribution in [0.5, 0.6) is 11.5 Å². The summed E-state index contributed by atoms with van der Waals surface area (Å²) in [6, 6.07) is 14.7. The van der Waals surface area contributed by atoms with Gasteiger partial charge in [0.1, 0.15) is 11.5 Å². The Morgan fingerprint density at radius 2 is 1.67 bits per heavy atom. The van der Waals surface area contributed by atoms with Crippen molar-refractivity contribution in [2.75, 3.05) is 14.2 Å². The molecule has 2 rings (SSSR count). The molecule has 24 heavy (non-hydrogen) atoms. The molecule has 1 amide bonds. The van der Waals surface area contributed by atoms with E-state index in [1.807, 2.05) is 43.3 Å². The Hall–Kier alpha value is -2.20. The molecular formula is C19H22ClNO3.